The first-order chi connectivity index (χ1) is 18.3. The lowest BCUT2D eigenvalue weighted by Crippen LogP contribution is -2.09. The number of benzene rings is 6. The Morgan fingerprint density at radius 1 is 0.459 bits per heavy atom. The summed E-state index contributed by atoms with van der Waals surface area (Å²) in [6.45, 7) is 0. The summed E-state index contributed by atoms with van der Waals surface area (Å²) in [4.78, 5) is 2.26. The van der Waals surface area contributed by atoms with Gasteiger partial charge in [-0.1, -0.05) is 97.1 Å². The molecule has 0 saturated heterocycles. The van der Waals surface area contributed by atoms with Crippen LogP contribution in [0.5, 0.6) is 0 Å². The monoisotopic (exact) mass is 474 g/mol. The standard InChI is InChI=1S/C35H26N2/c1-36(29-18-15-27(16-19-29)25-9-3-2-4-10-25)30-21-22-33-32-13-7-8-14-34(32)37(35(33)24-30)31-20-17-26-11-5-6-12-28(26)23-31/h2-24H,1H3. The van der Waals surface area contributed by atoms with E-state index in [9.17, 15) is 0 Å². The predicted octanol–water partition coefficient (Wildman–Crippen LogP) is 9.37. The molecule has 0 aliphatic carbocycles. The van der Waals surface area contributed by atoms with Gasteiger partial charge in [-0.05, 0) is 64.4 Å². The molecule has 0 spiro atoms. The molecule has 2 heteroatoms. The Kier molecular flexibility index (Phi) is 5.04. The number of fused-ring (bicyclic) bond motifs is 4. The highest BCUT2D eigenvalue weighted by molar-refractivity contribution is 6.10. The smallest absolute Gasteiger partial charge is 0.0561 e. The van der Waals surface area contributed by atoms with Gasteiger partial charge in [0.1, 0.15) is 0 Å². The van der Waals surface area contributed by atoms with E-state index >= 15 is 0 Å². The molecule has 0 N–H and O–H groups in total. The Bertz CT molecular complexity index is 1880. The summed E-state index contributed by atoms with van der Waals surface area (Å²) in [6.07, 6.45) is 0. The van der Waals surface area contributed by atoms with Gasteiger partial charge in [-0.3, -0.25) is 0 Å². The van der Waals surface area contributed by atoms with Crippen LogP contribution in [0.3, 0.4) is 0 Å². The van der Waals surface area contributed by atoms with E-state index in [0.717, 1.165) is 11.4 Å². The Balaban J connectivity index is 1.35. The van der Waals surface area contributed by atoms with Crippen molar-refractivity contribution in [3.05, 3.63) is 140 Å². The highest BCUT2D eigenvalue weighted by atomic mass is 15.1. The Labute approximate surface area is 216 Å². The molecule has 0 fully saturated rings. The predicted molar refractivity (Wildman–Crippen MR) is 158 cm³/mol. The van der Waals surface area contributed by atoms with E-state index in [2.05, 4.69) is 156 Å². The maximum atomic E-state index is 2.40. The second-order valence-corrected chi connectivity index (χ2v) is 9.56. The van der Waals surface area contributed by atoms with Crippen LogP contribution in [0.4, 0.5) is 11.4 Å². The Hall–Kier alpha value is -4.82. The molecule has 0 aliphatic rings. The van der Waals surface area contributed by atoms with Crippen LogP contribution in [0.2, 0.25) is 0 Å². The first-order valence-corrected chi connectivity index (χ1v) is 12.7. The molecule has 7 aromatic rings. The minimum absolute atomic E-state index is 1.16. The molecule has 0 saturated carbocycles. The number of rotatable bonds is 4. The number of para-hydroxylation sites is 1. The highest BCUT2D eigenvalue weighted by Crippen LogP contribution is 2.36. The minimum atomic E-state index is 1.16. The van der Waals surface area contributed by atoms with Gasteiger partial charge >= 0.3 is 0 Å². The van der Waals surface area contributed by atoms with Crippen molar-refractivity contribution in [2.45, 2.75) is 0 Å². The van der Waals surface area contributed by atoms with Crippen LogP contribution < -0.4 is 4.90 Å². The topological polar surface area (TPSA) is 8.17 Å². The van der Waals surface area contributed by atoms with Gasteiger partial charge in [0.2, 0.25) is 0 Å². The molecule has 0 radical (unpaired) electrons. The molecule has 176 valence electrons. The van der Waals surface area contributed by atoms with Gasteiger partial charge in [-0.15, -0.1) is 0 Å². The molecule has 0 bridgehead atoms. The Morgan fingerprint density at radius 3 is 1.95 bits per heavy atom. The number of hydrogen-bond donors (Lipinski definition) is 0. The zero-order valence-electron chi connectivity index (χ0n) is 20.7. The summed E-state index contributed by atoms with van der Waals surface area (Å²) in [5, 5.41) is 5.04. The Morgan fingerprint density at radius 2 is 1.11 bits per heavy atom. The van der Waals surface area contributed by atoms with Crippen molar-refractivity contribution in [2.24, 2.45) is 0 Å². The average Bonchev–Trinajstić information content (AvgIpc) is 3.31. The zero-order valence-corrected chi connectivity index (χ0v) is 20.7. The van der Waals surface area contributed by atoms with Crippen LogP contribution in [-0.2, 0) is 0 Å². The number of anilines is 2. The van der Waals surface area contributed by atoms with Gasteiger partial charge in [-0.25, -0.2) is 0 Å². The van der Waals surface area contributed by atoms with Crippen molar-refractivity contribution in [3.8, 4) is 16.8 Å². The van der Waals surface area contributed by atoms with Crippen molar-refractivity contribution in [3.63, 3.8) is 0 Å². The molecule has 7 rings (SSSR count). The quantitative estimate of drug-likeness (QED) is 0.247. The fourth-order valence-electron chi connectivity index (χ4n) is 5.42. The van der Waals surface area contributed by atoms with Crippen molar-refractivity contribution in [1.29, 1.82) is 0 Å². The van der Waals surface area contributed by atoms with Crippen LogP contribution in [-0.4, -0.2) is 11.6 Å². The van der Waals surface area contributed by atoms with Gasteiger partial charge in [-0.2, -0.15) is 0 Å². The van der Waals surface area contributed by atoms with E-state index < -0.39 is 0 Å². The average molecular weight is 475 g/mol. The van der Waals surface area contributed by atoms with Gasteiger partial charge in [0, 0.05) is 34.9 Å². The SMILES string of the molecule is CN(c1ccc(-c2ccccc2)cc1)c1ccc2c3ccccc3n(-c3ccc4ccccc4c3)c2c1. The third-order valence-corrected chi connectivity index (χ3v) is 7.40. The van der Waals surface area contributed by atoms with Crippen LogP contribution in [0.1, 0.15) is 0 Å². The summed E-state index contributed by atoms with van der Waals surface area (Å²) >= 11 is 0. The van der Waals surface area contributed by atoms with Crippen LogP contribution >= 0.6 is 0 Å². The largest absolute Gasteiger partial charge is 0.345 e. The molecular weight excluding hydrogens is 448 g/mol. The van der Waals surface area contributed by atoms with Gasteiger partial charge in [0.25, 0.3) is 0 Å². The third kappa shape index (κ3) is 3.66. The lowest BCUT2D eigenvalue weighted by atomic mass is 10.1. The van der Waals surface area contributed by atoms with Crippen molar-refractivity contribution < 1.29 is 0 Å². The van der Waals surface area contributed by atoms with Crippen LogP contribution in [0, 0.1) is 0 Å². The maximum absolute atomic E-state index is 2.40. The van der Waals surface area contributed by atoms with Gasteiger partial charge in [0.05, 0.1) is 11.0 Å². The molecule has 0 unspecified atom stereocenters. The summed E-state index contributed by atoms with van der Waals surface area (Å²) in [7, 11) is 2.14. The molecule has 6 aromatic carbocycles. The molecule has 0 atom stereocenters. The fraction of sp³-hybridized carbons (Fsp3) is 0.0286. The first-order valence-electron chi connectivity index (χ1n) is 12.7. The van der Waals surface area contributed by atoms with E-state index in [0.29, 0.717) is 0 Å². The number of aromatic nitrogens is 1. The lowest BCUT2D eigenvalue weighted by Gasteiger charge is -2.20. The minimum Gasteiger partial charge on any atom is -0.345 e. The van der Waals surface area contributed by atoms with Gasteiger partial charge < -0.3 is 9.47 Å². The maximum Gasteiger partial charge on any atom is 0.0561 e. The van der Waals surface area contributed by atoms with E-state index in [1.54, 1.807) is 0 Å². The normalized spacial score (nSPS) is 11.4. The summed E-state index contributed by atoms with van der Waals surface area (Å²) < 4.78 is 2.40. The molecule has 1 heterocycles. The van der Waals surface area contributed by atoms with Crippen molar-refractivity contribution in [1.82, 2.24) is 4.57 Å². The molecule has 1 aromatic heterocycles. The second kappa shape index (κ2) is 8.69. The molecule has 2 nitrogen and oxygen atoms in total. The van der Waals surface area contributed by atoms with Crippen molar-refractivity contribution in [2.75, 3.05) is 11.9 Å². The second-order valence-electron chi connectivity index (χ2n) is 9.56. The van der Waals surface area contributed by atoms with Crippen LogP contribution in [0.15, 0.2) is 140 Å². The summed E-state index contributed by atoms with van der Waals surface area (Å²) in [5.74, 6) is 0. The van der Waals surface area contributed by atoms with E-state index in [-0.39, 0.29) is 0 Å². The number of nitrogens with zero attached hydrogens (tertiary/aromatic N) is 2. The zero-order chi connectivity index (χ0) is 24.8. The molecule has 37 heavy (non-hydrogen) atoms. The summed E-state index contributed by atoms with van der Waals surface area (Å²) in [6, 6.07) is 50.1. The van der Waals surface area contributed by atoms with Crippen LogP contribution in [0.25, 0.3) is 49.4 Å². The fourth-order valence-corrected chi connectivity index (χ4v) is 5.42. The van der Waals surface area contributed by atoms with Crippen molar-refractivity contribution >= 4 is 44.0 Å². The third-order valence-electron chi connectivity index (χ3n) is 7.40. The lowest BCUT2D eigenvalue weighted by molar-refractivity contribution is 1.17. The number of hydrogen-bond acceptors (Lipinski definition) is 1. The van der Waals surface area contributed by atoms with E-state index in [4.69, 9.17) is 0 Å². The highest BCUT2D eigenvalue weighted by Gasteiger charge is 2.14. The van der Waals surface area contributed by atoms with E-state index in [1.165, 1.54) is 49.4 Å². The van der Waals surface area contributed by atoms with Gasteiger partial charge in [0.15, 0.2) is 0 Å². The van der Waals surface area contributed by atoms with E-state index in [1.807, 2.05) is 0 Å². The molecule has 0 aliphatic heterocycles. The summed E-state index contributed by atoms with van der Waals surface area (Å²) in [5.41, 5.74) is 8.39. The molecule has 0 amide bonds. The first kappa shape index (κ1) is 21.5. The molecular formula is C35H26N2.